The molecule has 7 atom stereocenters. The van der Waals surface area contributed by atoms with Crippen LogP contribution >= 0.6 is 11.8 Å². The van der Waals surface area contributed by atoms with E-state index in [9.17, 15) is 19.5 Å². The molecule has 0 saturated carbocycles. The standard InChI is InChI=1S/C30H39N3O4S/c1-5-12-20(3)31-17-11-16-30-24(27(36)33(21(6-2)19-34)25(30)28(31)37)23-26(35)32(22-13-8-7-9-14-22)18-10-15-29(23,4)38-30/h7-11,13-16,20-21,23-25,34H,5-6,12,17-19H2,1-4H3/t20?,21-,23-,24-,25?,29+,30-/m0/s1. The number of amides is 3. The highest BCUT2D eigenvalue weighted by Crippen LogP contribution is 2.66. The second kappa shape index (κ2) is 10.2. The second-order valence-corrected chi connectivity index (χ2v) is 13.0. The smallest absolute Gasteiger partial charge is 0.247 e. The van der Waals surface area contributed by atoms with Crippen molar-refractivity contribution < 1.29 is 19.5 Å². The van der Waals surface area contributed by atoms with E-state index in [2.05, 4.69) is 26.0 Å². The minimum atomic E-state index is -0.892. The number of aliphatic hydroxyl groups is 1. The number of thioether (sulfide) groups is 1. The minimum absolute atomic E-state index is 0.0278. The van der Waals surface area contributed by atoms with Gasteiger partial charge in [-0.1, -0.05) is 62.8 Å². The summed E-state index contributed by atoms with van der Waals surface area (Å²) in [6.45, 7) is 8.82. The minimum Gasteiger partial charge on any atom is -0.394 e. The number of fused-ring (bicyclic) bond motifs is 2. The lowest BCUT2D eigenvalue weighted by Gasteiger charge is -2.40. The lowest BCUT2D eigenvalue weighted by Crippen LogP contribution is -2.57. The summed E-state index contributed by atoms with van der Waals surface area (Å²) in [6, 6.07) is 8.34. The molecule has 0 aliphatic carbocycles. The third-order valence-corrected chi connectivity index (χ3v) is 10.7. The molecular weight excluding hydrogens is 498 g/mol. The van der Waals surface area contributed by atoms with E-state index < -0.39 is 33.4 Å². The topological polar surface area (TPSA) is 81.2 Å². The van der Waals surface area contributed by atoms with Gasteiger partial charge in [0.05, 0.1) is 29.2 Å². The van der Waals surface area contributed by atoms with Crippen LogP contribution in [0.1, 0.15) is 47.0 Å². The monoisotopic (exact) mass is 537 g/mol. The summed E-state index contributed by atoms with van der Waals surface area (Å²) in [5.41, 5.74) is 0.796. The molecule has 38 heavy (non-hydrogen) atoms. The molecular formula is C30H39N3O4S. The van der Waals surface area contributed by atoms with E-state index in [1.54, 1.807) is 21.6 Å². The zero-order valence-electron chi connectivity index (χ0n) is 22.7. The van der Waals surface area contributed by atoms with Crippen molar-refractivity contribution in [2.75, 3.05) is 24.6 Å². The van der Waals surface area contributed by atoms with E-state index in [0.29, 0.717) is 19.5 Å². The quantitative estimate of drug-likeness (QED) is 0.538. The van der Waals surface area contributed by atoms with Crippen LogP contribution in [-0.2, 0) is 14.4 Å². The molecule has 2 saturated heterocycles. The Morgan fingerprint density at radius 2 is 1.71 bits per heavy atom. The van der Waals surface area contributed by atoms with Crippen molar-refractivity contribution in [3.63, 3.8) is 0 Å². The summed E-state index contributed by atoms with van der Waals surface area (Å²) in [4.78, 5) is 48.5. The van der Waals surface area contributed by atoms with E-state index in [1.165, 1.54) is 0 Å². The molecule has 204 valence electrons. The highest BCUT2D eigenvalue weighted by Gasteiger charge is 2.74. The van der Waals surface area contributed by atoms with Gasteiger partial charge in [-0.3, -0.25) is 14.4 Å². The van der Waals surface area contributed by atoms with Gasteiger partial charge < -0.3 is 19.8 Å². The molecule has 1 aromatic rings. The normalized spacial score (nSPS) is 34.1. The average Bonchev–Trinajstić information content (AvgIpc) is 3.17. The Kier molecular flexibility index (Phi) is 7.24. The van der Waals surface area contributed by atoms with Gasteiger partial charge in [0.15, 0.2) is 0 Å². The molecule has 7 nitrogen and oxygen atoms in total. The number of nitrogens with zero attached hydrogens (tertiary/aromatic N) is 3. The highest BCUT2D eigenvalue weighted by molar-refractivity contribution is 8.02. The number of para-hydroxylation sites is 1. The van der Waals surface area contributed by atoms with Crippen LogP contribution in [0.5, 0.6) is 0 Å². The van der Waals surface area contributed by atoms with Crippen LogP contribution in [0.15, 0.2) is 54.6 Å². The highest BCUT2D eigenvalue weighted by atomic mass is 32.2. The van der Waals surface area contributed by atoms with Crippen LogP contribution in [-0.4, -0.2) is 79.9 Å². The van der Waals surface area contributed by atoms with Crippen LogP contribution in [0, 0.1) is 11.8 Å². The molecule has 4 aliphatic heterocycles. The van der Waals surface area contributed by atoms with Gasteiger partial charge in [0, 0.05) is 29.6 Å². The molecule has 2 fully saturated rings. The van der Waals surface area contributed by atoms with Crippen LogP contribution in [0.4, 0.5) is 5.69 Å². The molecule has 0 radical (unpaired) electrons. The van der Waals surface area contributed by atoms with Gasteiger partial charge in [-0.05, 0) is 38.8 Å². The summed E-state index contributed by atoms with van der Waals surface area (Å²) < 4.78 is -1.54. The van der Waals surface area contributed by atoms with Crippen LogP contribution in [0.25, 0.3) is 0 Å². The maximum atomic E-state index is 14.5. The molecule has 1 N–H and O–H groups in total. The first kappa shape index (κ1) is 27.0. The van der Waals surface area contributed by atoms with E-state index in [1.807, 2.05) is 61.2 Å². The fourth-order valence-electron chi connectivity index (χ4n) is 7.10. The van der Waals surface area contributed by atoms with Crippen molar-refractivity contribution in [1.29, 1.82) is 0 Å². The van der Waals surface area contributed by atoms with Crippen molar-refractivity contribution in [2.24, 2.45) is 11.8 Å². The molecule has 3 amide bonds. The molecule has 1 spiro atoms. The first-order chi connectivity index (χ1) is 18.2. The maximum Gasteiger partial charge on any atom is 0.247 e. The second-order valence-electron chi connectivity index (χ2n) is 11.2. The predicted molar refractivity (Wildman–Crippen MR) is 151 cm³/mol. The Morgan fingerprint density at radius 3 is 2.37 bits per heavy atom. The van der Waals surface area contributed by atoms with Crippen molar-refractivity contribution in [3.8, 4) is 0 Å². The SMILES string of the molecule is CCCC(C)N1CC=C[C@]23S[C@]4(C)C=CCN(c5ccccc5)C(=O)[C@@H]4[C@H]2C(=O)N([C@@H](CC)CO)C3C1=O. The largest absolute Gasteiger partial charge is 0.394 e. The van der Waals surface area contributed by atoms with Crippen LogP contribution < -0.4 is 4.90 Å². The van der Waals surface area contributed by atoms with Gasteiger partial charge >= 0.3 is 0 Å². The van der Waals surface area contributed by atoms with Gasteiger partial charge in [-0.25, -0.2) is 0 Å². The van der Waals surface area contributed by atoms with Crippen molar-refractivity contribution >= 4 is 35.2 Å². The van der Waals surface area contributed by atoms with E-state index >= 15 is 0 Å². The molecule has 4 aliphatic rings. The molecule has 8 heteroatoms. The lowest BCUT2D eigenvalue weighted by atomic mass is 9.74. The average molecular weight is 538 g/mol. The molecule has 0 bridgehead atoms. The fourth-order valence-corrected chi connectivity index (χ4v) is 9.24. The lowest BCUT2D eigenvalue weighted by molar-refractivity contribution is -0.146. The number of aliphatic hydroxyl groups excluding tert-OH is 1. The Hall–Kier alpha value is -2.58. The molecule has 4 heterocycles. The number of carbonyl (C=O) groups excluding carboxylic acids is 3. The van der Waals surface area contributed by atoms with Gasteiger partial charge in [0.1, 0.15) is 6.04 Å². The first-order valence-electron chi connectivity index (χ1n) is 13.9. The van der Waals surface area contributed by atoms with Crippen molar-refractivity contribution in [2.45, 2.75) is 74.6 Å². The van der Waals surface area contributed by atoms with E-state index in [-0.39, 0.29) is 30.4 Å². The van der Waals surface area contributed by atoms with Gasteiger partial charge in [-0.2, -0.15) is 0 Å². The molecule has 0 aromatic heterocycles. The van der Waals surface area contributed by atoms with Gasteiger partial charge in [0.25, 0.3) is 0 Å². The molecule has 2 unspecified atom stereocenters. The number of carbonyl (C=O) groups is 3. The summed E-state index contributed by atoms with van der Waals surface area (Å²) in [6.07, 6.45) is 10.5. The Bertz CT molecular complexity index is 1150. The third kappa shape index (κ3) is 3.94. The zero-order chi connectivity index (χ0) is 27.2. The summed E-state index contributed by atoms with van der Waals surface area (Å²) in [7, 11) is 0. The molecule has 1 aromatic carbocycles. The summed E-state index contributed by atoms with van der Waals surface area (Å²) in [5.74, 6) is -1.71. The van der Waals surface area contributed by atoms with Gasteiger partial charge in [0.2, 0.25) is 17.7 Å². The Labute approximate surface area is 229 Å². The Balaban J connectivity index is 1.65. The van der Waals surface area contributed by atoms with Crippen LogP contribution in [0.3, 0.4) is 0 Å². The number of benzene rings is 1. The number of likely N-dealkylation sites (tertiary alicyclic amines) is 1. The first-order valence-corrected chi connectivity index (χ1v) is 14.7. The molecule has 5 rings (SSSR count). The maximum absolute atomic E-state index is 14.5. The van der Waals surface area contributed by atoms with E-state index in [4.69, 9.17) is 0 Å². The van der Waals surface area contributed by atoms with Crippen molar-refractivity contribution in [1.82, 2.24) is 9.80 Å². The number of hydrogen-bond donors (Lipinski definition) is 1. The number of anilines is 1. The summed E-state index contributed by atoms with van der Waals surface area (Å²) >= 11 is 1.59. The zero-order valence-corrected chi connectivity index (χ0v) is 23.6. The third-order valence-electron chi connectivity index (χ3n) is 8.91. The van der Waals surface area contributed by atoms with E-state index in [0.717, 1.165) is 18.5 Å². The number of hydrogen-bond acceptors (Lipinski definition) is 5. The summed E-state index contributed by atoms with van der Waals surface area (Å²) in [5, 5.41) is 10.3. The Morgan fingerprint density at radius 1 is 1.00 bits per heavy atom. The predicted octanol–water partition coefficient (Wildman–Crippen LogP) is 3.63. The van der Waals surface area contributed by atoms with Gasteiger partial charge in [-0.15, -0.1) is 11.8 Å². The van der Waals surface area contributed by atoms with Crippen molar-refractivity contribution in [3.05, 3.63) is 54.6 Å². The number of rotatable bonds is 7. The van der Waals surface area contributed by atoms with Crippen LogP contribution in [0.2, 0.25) is 0 Å². The fraction of sp³-hybridized carbons (Fsp3) is 0.567.